The van der Waals surface area contributed by atoms with Gasteiger partial charge in [-0.15, -0.1) is 0 Å². The van der Waals surface area contributed by atoms with Crippen LogP contribution in [0.5, 0.6) is 0 Å². The van der Waals surface area contributed by atoms with Crippen LogP contribution in [0.4, 0.5) is 0 Å². The van der Waals surface area contributed by atoms with E-state index in [4.69, 9.17) is 9.84 Å². The van der Waals surface area contributed by atoms with Crippen molar-refractivity contribution in [3.8, 4) is 0 Å². The van der Waals surface area contributed by atoms with E-state index in [0.717, 1.165) is 30.4 Å². The highest BCUT2D eigenvalue weighted by atomic mass is 16.5. The first-order valence-electron chi connectivity index (χ1n) is 5.48. The molecule has 0 spiro atoms. The predicted molar refractivity (Wildman–Crippen MR) is 60.5 cm³/mol. The third kappa shape index (κ3) is 2.61. The molecule has 0 aliphatic heterocycles. The van der Waals surface area contributed by atoms with Crippen molar-refractivity contribution < 1.29 is 14.6 Å². The molecule has 0 bridgehead atoms. The van der Waals surface area contributed by atoms with Crippen molar-refractivity contribution in [2.24, 2.45) is 0 Å². The second-order valence-corrected chi connectivity index (χ2v) is 4.45. The minimum atomic E-state index is -0.787. The van der Waals surface area contributed by atoms with Gasteiger partial charge in [0.05, 0.1) is 12.0 Å². The van der Waals surface area contributed by atoms with E-state index in [9.17, 15) is 4.79 Å². The topological polar surface area (TPSA) is 46.5 Å². The Morgan fingerprint density at radius 3 is 2.69 bits per heavy atom. The van der Waals surface area contributed by atoms with Gasteiger partial charge in [0.15, 0.2) is 0 Å². The molecular formula is C13H16O3. The van der Waals surface area contributed by atoms with Gasteiger partial charge in [0.2, 0.25) is 0 Å². The molecule has 0 saturated heterocycles. The van der Waals surface area contributed by atoms with Crippen molar-refractivity contribution in [2.45, 2.75) is 31.3 Å². The molecule has 1 N–H and O–H groups in total. The lowest BCUT2D eigenvalue weighted by Crippen LogP contribution is -2.15. The summed E-state index contributed by atoms with van der Waals surface area (Å²) in [6.07, 6.45) is 3.18. The number of methoxy groups -OCH3 is 1. The summed E-state index contributed by atoms with van der Waals surface area (Å²) in [6, 6.07) is 7.76. The van der Waals surface area contributed by atoms with Crippen molar-refractivity contribution in [1.82, 2.24) is 0 Å². The maximum atomic E-state index is 10.6. The Morgan fingerprint density at radius 2 is 2.12 bits per heavy atom. The summed E-state index contributed by atoms with van der Waals surface area (Å²) >= 11 is 0. The Labute approximate surface area is 95.0 Å². The first-order valence-corrected chi connectivity index (χ1v) is 5.48. The smallest absolute Gasteiger partial charge is 0.307 e. The molecule has 0 heterocycles. The van der Waals surface area contributed by atoms with Gasteiger partial charge in [0.25, 0.3) is 0 Å². The Kier molecular flexibility index (Phi) is 2.97. The number of benzene rings is 1. The number of carboxylic acids is 1. The number of ether oxygens (including phenoxy) is 1. The zero-order valence-electron chi connectivity index (χ0n) is 9.40. The van der Waals surface area contributed by atoms with Gasteiger partial charge in [-0.25, -0.2) is 0 Å². The van der Waals surface area contributed by atoms with Gasteiger partial charge in [-0.05, 0) is 24.0 Å². The van der Waals surface area contributed by atoms with Gasteiger partial charge >= 0.3 is 5.97 Å². The zero-order chi connectivity index (χ0) is 11.6. The fourth-order valence-corrected chi connectivity index (χ4v) is 1.99. The summed E-state index contributed by atoms with van der Waals surface area (Å²) < 4.78 is 5.46. The molecule has 1 fully saturated rings. The van der Waals surface area contributed by atoms with Gasteiger partial charge in [-0.2, -0.15) is 0 Å². The van der Waals surface area contributed by atoms with Crippen LogP contribution in [0.25, 0.3) is 0 Å². The molecule has 1 aliphatic carbocycles. The van der Waals surface area contributed by atoms with Gasteiger partial charge < -0.3 is 9.84 Å². The molecular weight excluding hydrogens is 204 g/mol. The Bertz CT molecular complexity index is 394. The van der Waals surface area contributed by atoms with E-state index in [2.05, 4.69) is 0 Å². The summed E-state index contributed by atoms with van der Waals surface area (Å²) in [4.78, 5) is 10.6. The molecule has 3 nitrogen and oxygen atoms in total. The molecule has 0 radical (unpaired) electrons. The second-order valence-electron chi connectivity index (χ2n) is 4.45. The van der Waals surface area contributed by atoms with Gasteiger partial charge in [0.1, 0.15) is 0 Å². The van der Waals surface area contributed by atoms with E-state index in [1.807, 2.05) is 24.3 Å². The van der Waals surface area contributed by atoms with Crippen LogP contribution in [0.3, 0.4) is 0 Å². The summed E-state index contributed by atoms with van der Waals surface area (Å²) in [5, 5.41) is 8.72. The summed E-state index contributed by atoms with van der Waals surface area (Å²) in [6.45, 7) is 0. The van der Waals surface area contributed by atoms with Crippen molar-refractivity contribution in [3.05, 3.63) is 35.4 Å². The molecule has 1 aliphatic rings. The van der Waals surface area contributed by atoms with Gasteiger partial charge in [-0.1, -0.05) is 24.3 Å². The summed E-state index contributed by atoms with van der Waals surface area (Å²) in [5.41, 5.74) is 2.05. The lowest BCUT2D eigenvalue weighted by molar-refractivity contribution is -0.136. The van der Waals surface area contributed by atoms with E-state index in [-0.39, 0.29) is 12.0 Å². The Hall–Kier alpha value is -1.35. The van der Waals surface area contributed by atoms with Crippen LogP contribution in [0.15, 0.2) is 24.3 Å². The molecule has 1 aromatic carbocycles. The fourth-order valence-electron chi connectivity index (χ4n) is 1.99. The quantitative estimate of drug-likeness (QED) is 0.826. The predicted octanol–water partition coefficient (Wildman–Crippen LogP) is 2.04. The van der Waals surface area contributed by atoms with Crippen LogP contribution in [0, 0.1) is 0 Å². The molecule has 3 heteroatoms. The van der Waals surface area contributed by atoms with Crippen LogP contribution < -0.4 is 0 Å². The van der Waals surface area contributed by atoms with Crippen molar-refractivity contribution in [1.29, 1.82) is 0 Å². The standard InChI is InChI=1S/C13H16O3/c1-16-13(5-6-13)9-11-4-2-3-10(7-11)8-12(14)15/h2-4,7H,5-6,8-9H2,1H3,(H,14,15). The SMILES string of the molecule is COC1(Cc2cccc(CC(=O)O)c2)CC1. The van der Waals surface area contributed by atoms with Gasteiger partial charge in [-0.3, -0.25) is 4.79 Å². The highest BCUT2D eigenvalue weighted by Gasteiger charge is 2.42. The molecule has 0 aromatic heterocycles. The van der Waals surface area contributed by atoms with Crippen molar-refractivity contribution >= 4 is 5.97 Å². The Balaban J connectivity index is 2.07. The van der Waals surface area contributed by atoms with Crippen molar-refractivity contribution in [3.63, 3.8) is 0 Å². The molecule has 16 heavy (non-hydrogen) atoms. The molecule has 0 atom stereocenters. The molecule has 0 amide bonds. The maximum Gasteiger partial charge on any atom is 0.307 e. The van der Waals surface area contributed by atoms with Crippen LogP contribution in [0.1, 0.15) is 24.0 Å². The second kappa shape index (κ2) is 4.26. The lowest BCUT2D eigenvalue weighted by Gasteiger charge is -2.13. The van der Waals surface area contributed by atoms with Crippen LogP contribution in [-0.4, -0.2) is 23.8 Å². The third-order valence-corrected chi connectivity index (χ3v) is 3.11. The maximum absolute atomic E-state index is 10.6. The summed E-state index contributed by atoms with van der Waals surface area (Å²) in [5.74, 6) is -0.787. The lowest BCUT2D eigenvalue weighted by atomic mass is 10.0. The average molecular weight is 220 g/mol. The first kappa shape index (κ1) is 11.1. The normalized spacial score (nSPS) is 17.1. The zero-order valence-corrected chi connectivity index (χ0v) is 9.40. The molecule has 2 rings (SSSR count). The van der Waals surface area contributed by atoms with E-state index in [0.29, 0.717) is 0 Å². The highest BCUT2D eigenvalue weighted by Crippen LogP contribution is 2.41. The molecule has 1 aromatic rings. The number of carbonyl (C=O) groups is 1. The van der Waals surface area contributed by atoms with E-state index in [1.54, 1.807) is 7.11 Å². The van der Waals surface area contributed by atoms with Gasteiger partial charge in [0, 0.05) is 13.5 Å². The highest BCUT2D eigenvalue weighted by molar-refractivity contribution is 5.70. The van der Waals surface area contributed by atoms with Crippen molar-refractivity contribution in [2.75, 3.05) is 7.11 Å². The van der Waals surface area contributed by atoms with Crippen LogP contribution in [-0.2, 0) is 22.4 Å². The average Bonchev–Trinajstić information content (AvgIpc) is 2.98. The molecule has 0 unspecified atom stereocenters. The number of hydrogen-bond donors (Lipinski definition) is 1. The van der Waals surface area contributed by atoms with Crippen LogP contribution in [0.2, 0.25) is 0 Å². The number of carboxylic acid groups (broad SMARTS) is 1. The van der Waals surface area contributed by atoms with Crippen LogP contribution >= 0.6 is 0 Å². The van der Waals surface area contributed by atoms with E-state index >= 15 is 0 Å². The monoisotopic (exact) mass is 220 g/mol. The van der Waals surface area contributed by atoms with E-state index in [1.165, 1.54) is 0 Å². The minimum Gasteiger partial charge on any atom is -0.481 e. The third-order valence-electron chi connectivity index (χ3n) is 3.11. The number of hydrogen-bond acceptors (Lipinski definition) is 2. The summed E-state index contributed by atoms with van der Waals surface area (Å²) in [7, 11) is 1.74. The van der Waals surface area contributed by atoms with E-state index < -0.39 is 5.97 Å². The minimum absolute atomic E-state index is 0.0296. The largest absolute Gasteiger partial charge is 0.481 e. The molecule has 1 saturated carbocycles. The number of aliphatic carboxylic acids is 1. The Morgan fingerprint density at radius 1 is 1.44 bits per heavy atom. The first-order chi connectivity index (χ1) is 7.63. The number of rotatable bonds is 5. The fraction of sp³-hybridized carbons (Fsp3) is 0.462. The molecule has 86 valence electrons.